The lowest BCUT2D eigenvalue weighted by Gasteiger charge is -2.33. The topological polar surface area (TPSA) is 47.3 Å². The Balaban J connectivity index is 2.87. The Kier molecular flexibility index (Phi) is 4.71. The van der Waals surface area contributed by atoms with Gasteiger partial charge in [0.15, 0.2) is 0 Å². The summed E-state index contributed by atoms with van der Waals surface area (Å²) in [6.45, 7) is 2.85. The van der Waals surface area contributed by atoms with Gasteiger partial charge in [0.05, 0.1) is 17.8 Å². The van der Waals surface area contributed by atoms with E-state index in [2.05, 4.69) is 5.32 Å². The second kappa shape index (κ2) is 5.82. The molecule has 0 saturated carbocycles. The van der Waals surface area contributed by atoms with Gasteiger partial charge in [-0.1, -0.05) is 19.1 Å². The van der Waals surface area contributed by atoms with Crippen molar-refractivity contribution in [2.75, 3.05) is 25.6 Å². The molecule has 0 aliphatic carbocycles. The van der Waals surface area contributed by atoms with Gasteiger partial charge in [-0.3, -0.25) is 0 Å². The number of halogens is 1. The largest absolute Gasteiger partial charge is 0.382 e. The number of methoxy groups -OCH3 is 1. The molecular weight excluding hydrogens is 207 g/mol. The zero-order valence-corrected chi connectivity index (χ0v) is 9.79. The molecule has 90 valence electrons. The van der Waals surface area contributed by atoms with Crippen LogP contribution >= 0.6 is 0 Å². The molecule has 1 aromatic rings. The zero-order valence-electron chi connectivity index (χ0n) is 9.79. The van der Waals surface area contributed by atoms with Crippen molar-refractivity contribution >= 4 is 5.69 Å². The van der Waals surface area contributed by atoms with E-state index in [1.165, 1.54) is 6.07 Å². The van der Waals surface area contributed by atoms with Gasteiger partial charge in [-0.2, -0.15) is 0 Å². The molecule has 1 rings (SSSR count). The van der Waals surface area contributed by atoms with Crippen LogP contribution in [-0.2, 0) is 4.74 Å². The lowest BCUT2D eigenvalue weighted by Crippen LogP contribution is -2.49. The van der Waals surface area contributed by atoms with E-state index in [0.717, 1.165) is 6.42 Å². The lowest BCUT2D eigenvalue weighted by atomic mass is 9.97. The predicted octanol–water partition coefficient (Wildman–Crippen LogP) is 1.99. The molecule has 1 atom stereocenters. The maximum absolute atomic E-state index is 13.5. The molecule has 0 saturated heterocycles. The Labute approximate surface area is 95.8 Å². The number of para-hydroxylation sites is 1. The van der Waals surface area contributed by atoms with Gasteiger partial charge in [0, 0.05) is 13.7 Å². The Morgan fingerprint density at radius 1 is 1.44 bits per heavy atom. The summed E-state index contributed by atoms with van der Waals surface area (Å²) in [7, 11) is 1.61. The molecule has 0 heterocycles. The summed E-state index contributed by atoms with van der Waals surface area (Å²) >= 11 is 0. The third-order valence-corrected chi connectivity index (χ3v) is 2.76. The minimum atomic E-state index is -0.406. The highest BCUT2D eigenvalue weighted by Crippen LogP contribution is 2.21. The lowest BCUT2D eigenvalue weighted by molar-refractivity contribution is 0.143. The summed E-state index contributed by atoms with van der Waals surface area (Å²) in [5, 5.41) is 3.14. The van der Waals surface area contributed by atoms with Crippen molar-refractivity contribution in [1.29, 1.82) is 0 Å². The fourth-order valence-corrected chi connectivity index (χ4v) is 1.61. The van der Waals surface area contributed by atoms with E-state index in [0.29, 0.717) is 18.8 Å². The maximum Gasteiger partial charge on any atom is 0.146 e. The number of nitrogens with two attached hydrogens (primary N) is 1. The highest BCUT2D eigenvalue weighted by molar-refractivity contribution is 5.47. The summed E-state index contributed by atoms with van der Waals surface area (Å²) in [6, 6.07) is 6.57. The smallest absolute Gasteiger partial charge is 0.146 e. The second-order valence-corrected chi connectivity index (χ2v) is 3.88. The van der Waals surface area contributed by atoms with Crippen LogP contribution in [0.25, 0.3) is 0 Å². The molecule has 0 amide bonds. The average Bonchev–Trinajstić information content (AvgIpc) is 2.31. The molecule has 3 nitrogen and oxygen atoms in total. The summed E-state index contributed by atoms with van der Waals surface area (Å²) < 4.78 is 18.6. The van der Waals surface area contributed by atoms with Gasteiger partial charge in [-0.25, -0.2) is 4.39 Å². The number of hydrogen-bond acceptors (Lipinski definition) is 3. The van der Waals surface area contributed by atoms with Gasteiger partial charge in [-0.05, 0) is 18.6 Å². The molecule has 0 aliphatic heterocycles. The first kappa shape index (κ1) is 12.9. The van der Waals surface area contributed by atoms with E-state index in [-0.39, 0.29) is 5.82 Å². The van der Waals surface area contributed by atoms with E-state index in [4.69, 9.17) is 10.5 Å². The van der Waals surface area contributed by atoms with Gasteiger partial charge in [0.1, 0.15) is 5.82 Å². The Bertz CT molecular complexity index is 327. The van der Waals surface area contributed by atoms with Gasteiger partial charge in [0.25, 0.3) is 0 Å². The van der Waals surface area contributed by atoms with Crippen LogP contribution < -0.4 is 11.1 Å². The fourth-order valence-electron chi connectivity index (χ4n) is 1.61. The quantitative estimate of drug-likeness (QED) is 0.780. The SMILES string of the molecule is CCC(CN)(COC)Nc1ccccc1F. The van der Waals surface area contributed by atoms with Crippen LogP contribution in [0, 0.1) is 5.82 Å². The summed E-state index contributed by atoms with van der Waals surface area (Å²) in [5.74, 6) is -0.273. The first-order valence-electron chi connectivity index (χ1n) is 5.39. The van der Waals surface area contributed by atoms with Crippen molar-refractivity contribution in [3.63, 3.8) is 0 Å². The van der Waals surface area contributed by atoms with Crippen molar-refractivity contribution in [3.8, 4) is 0 Å². The monoisotopic (exact) mass is 226 g/mol. The third kappa shape index (κ3) is 2.93. The highest BCUT2D eigenvalue weighted by Gasteiger charge is 2.27. The molecule has 1 unspecified atom stereocenters. The van der Waals surface area contributed by atoms with Crippen LogP contribution in [0.2, 0.25) is 0 Å². The molecule has 16 heavy (non-hydrogen) atoms. The van der Waals surface area contributed by atoms with Crippen molar-refractivity contribution in [2.24, 2.45) is 5.73 Å². The molecule has 1 aromatic carbocycles. The van der Waals surface area contributed by atoms with Crippen molar-refractivity contribution in [1.82, 2.24) is 0 Å². The highest BCUT2D eigenvalue weighted by atomic mass is 19.1. The fraction of sp³-hybridized carbons (Fsp3) is 0.500. The van der Waals surface area contributed by atoms with Gasteiger partial charge in [-0.15, -0.1) is 0 Å². The maximum atomic E-state index is 13.5. The van der Waals surface area contributed by atoms with E-state index in [1.54, 1.807) is 25.3 Å². The molecule has 3 N–H and O–H groups in total. The van der Waals surface area contributed by atoms with E-state index in [9.17, 15) is 4.39 Å². The average molecular weight is 226 g/mol. The summed E-state index contributed by atoms with van der Waals surface area (Å²) in [4.78, 5) is 0. The molecule has 0 aliphatic rings. The van der Waals surface area contributed by atoms with Crippen LogP contribution in [-0.4, -0.2) is 25.8 Å². The van der Waals surface area contributed by atoms with Crippen LogP contribution in [0.4, 0.5) is 10.1 Å². The summed E-state index contributed by atoms with van der Waals surface area (Å²) in [6.07, 6.45) is 0.770. The Morgan fingerprint density at radius 3 is 2.62 bits per heavy atom. The van der Waals surface area contributed by atoms with Crippen LogP contribution in [0.1, 0.15) is 13.3 Å². The molecule has 0 aromatic heterocycles. The first-order chi connectivity index (χ1) is 7.67. The standard InChI is InChI=1S/C12H19FN2O/c1-3-12(8-14,9-16-2)15-11-7-5-4-6-10(11)13/h4-7,15H,3,8-9,14H2,1-2H3. The molecular formula is C12H19FN2O. The number of ether oxygens (including phenoxy) is 1. The Hall–Kier alpha value is -1.13. The molecule has 0 bridgehead atoms. The van der Waals surface area contributed by atoms with Crippen LogP contribution in [0.15, 0.2) is 24.3 Å². The number of rotatable bonds is 6. The van der Waals surface area contributed by atoms with Crippen molar-refractivity contribution < 1.29 is 9.13 Å². The van der Waals surface area contributed by atoms with Crippen molar-refractivity contribution in [3.05, 3.63) is 30.1 Å². The van der Waals surface area contributed by atoms with Crippen LogP contribution in [0.3, 0.4) is 0 Å². The minimum Gasteiger partial charge on any atom is -0.382 e. The second-order valence-electron chi connectivity index (χ2n) is 3.88. The number of nitrogens with one attached hydrogen (secondary N) is 1. The van der Waals surface area contributed by atoms with Crippen LogP contribution in [0.5, 0.6) is 0 Å². The predicted molar refractivity (Wildman–Crippen MR) is 64.0 cm³/mol. The Morgan fingerprint density at radius 2 is 2.12 bits per heavy atom. The first-order valence-corrected chi connectivity index (χ1v) is 5.39. The van der Waals surface area contributed by atoms with E-state index in [1.807, 2.05) is 6.92 Å². The van der Waals surface area contributed by atoms with Gasteiger partial charge < -0.3 is 15.8 Å². The molecule has 0 radical (unpaired) electrons. The van der Waals surface area contributed by atoms with Crippen molar-refractivity contribution in [2.45, 2.75) is 18.9 Å². The summed E-state index contributed by atoms with van der Waals surface area (Å²) in [5.41, 5.74) is 5.80. The minimum absolute atomic E-state index is 0.273. The van der Waals surface area contributed by atoms with E-state index >= 15 is 0 Å². The molecule has 0 spiro atoms. The number of hydrogen-bond donors (Lipinski definition) is 2. The normalized spacial score (nSPS) is 14.5. The van der Waals surface area contributed by atoms with E-state index < -0.39 is 5.54 Å². The molecule has 4 heteroatoms. The van der Waals surface area contributed by atoms with Gasteiger partial charge in [0.2, 0.25) is 0 Å². The third-order valence-electron chi connectivity index (χ3n) is 2.76. The number of benzene rings is 1. The molecule has 0 fully saturated rings. The number of anilines is 1. The van der Waals surface area contributed by atoms with Gasteiger partial charge >= 0.3 is 0 Å². The zero-order chi connectivity index (χ0) is 12.0.